The highest BCUT2D eigenvalue weighted by atomic mass is 35.5. The van der Waals surface area contributed by atoms with Gasteiger partial charge in [0.25, 0.3) is 0 Å². The van der Waals surface area contributed by atoms with Gasteiger partial charge in [-0.15, -0.1) is 0 Å². The molecule has 3 N–H and O–H groups in total. The molecule has 1 aliphatic carbocycles. The molecule has 1 aliphatic rings. The van der Waals surface area contributed by atoms with Crippen molar-refractivity contribution >= 4 is 29.2 Å². The quantitative estimate of drug-likeness (QED) is 0.778. The van der Waals surface area contributed by atoms with E-state index in [1.54, 1.807) is 24.3 Å². The highest BCUT2D eigenvalue weighted by Gasteiger charge is 2.23. The van der Waals surface area contributed by atoms with Gasteiger partial charge in [0.2, 0.25) is 5.91 Å². The summed E-state index contributed by atoms with van der Waals surface area (Å²) < 4.78 is 0. The highest BCUT2D eigenvalue weighted by molar-refractivity contribution is 6.30. The van der Waals surface area contributed by atoms with Crippen molar-refractivity contribution in [2.75, 3.05) is 11.9 Å². The lowest BCUT2D eigenvalue weighted by molar-refractivity contribution is -0.115. The van der Waals surface area contributed by atoms with Crippen LogP contribution in [0, 0.1) is 0 Å². The second kappa shape index (κ2) is 5.73. The zero-order chi connectivity index (χ0) is 13.0. The van der Waals surface area contributed by atoms with Gasteiger partial charge in [-0.2, -0.15) is 0 Å². The fourth-order valence-electron chi connectivity index (χ4n) is 1.36. The average Bonchev–Trinajstić information content (AvgIpc) is 3.13. The number of rotatable bonds is 4. The Hall–Kier alpha value is -1.75. The third-order valence-corrected chi connectivity index (χ3v) is 2.70. The lowest BCUT2D eigenvalue weighted by atomic mass is 10.3. The lowest BCUT2D eigenvalue weighted by Crippen LogP contribution is -2.40. The van der Waals surface area contributed by atoms with E-state index in [0.717, 1.165) is 12.8 Å². The van der Waals surface area contributed by atoms with Crippen molar-refractivity contribution in [1.29, 1.82) is 0 Å². The van der Waals surface area contributed by atoms with Crippen LogP contribution in [-0.2, 0) is 4.79 Å². The third-order valence-electron chi connectivity index (χ3n) is 2.45. The molecule has 0 saturated heterocycles. The summed E-state index contributed by atoms with van der Waals surface area (Å²) in [6.45, 7) is -0.0544. The van der Waals surface area contributed by atoms with Crippen LogP contribution in [-0.4, -0.2) is 24.5 Å². The minimum Gasteiger partial charge on any atom is -0.335 e. The van der Waals surface area contributed by atoms with Crippen molar-refractivity contribution in [3.05, 3.63) is 29.3 Å². The van der Waals surface area contributed by atoms with Crippen molar-refractivity contribution in [1.82, 2.24) is 10.6 Å². The fourth-order valence-corrected chi connectivity index (χ4v) is 1.49. The van der Waals surface area contributed by atoms with Gasteiger partial charge in [-0.05, 0) is 37.1 Å². The summed E-state index contributed by atoms with van der Waals surface area (Å²) in [5.74, 6) is -0.275. The summed E-state index contributed by atoms with van der Waals surface area (Å²) in [7, 11) is 0. The molecule has 18 heavy (non-hydrogen) atoms. The molecule has 0 aromatic heterocycles. The van der Waals surface area contributed by atoms with Gasteiger partial charge in [0, 0.05) is 16.8 Å². The molecule has 96 valence electrons. The molecular formula is C12H14ClN3O2. The number of carbonyl (C=O) groups excluding carboxylic acids is 2. The van der Waals surface area contributed by atoms with Crippen LogP contribution in [0.4, 0.5) is 10.5 Å². The molecule has 1 fully saturated rings. The standard InChI is InChI=1S/C12H14ClN3O2/c13-8-1-3-9(4-2-8)15-11(17)7-14-12(18)16-10-5-6-10/h1-4,10H,5-7H2,(H,15,17)(H2,14,16,18). The van der Waals surface area contributed by atoms with Crippen molar-refractivity contribution < 1.29 is 9.59 Å². The summed E-state index contributed by atoms with van der Waals surface area (Å²) in [4.78, 5) is 22.8. The van der Waals surface area contributed by atoms with E-state index in [1.165, 1.54) is 0 Å². The second-order valence-corrected chi connectivity index (χ2v) is 4.59. The van der Waals surface area contributed by atoms with Crippen molar-refractivity contribution in [2.24, 2.45) is 0 Å². The van der Waals surface area contributed by atoms with Crippen LogP contribution in [0.25, 0.3) is 0 Å². The van der Waals surface area contributed by atoms with Crippen molar-refractivity contribution in [2.45, 2.75) is 18.9 Å². The lowest BCUT2D eigenvalue weighted by Gasteiger charge is -2.07. The summed E-state index contributed by atoms with van der Waals surface area (Å²) in [5.41, 5.74) is 0.647. The van der Waals surface area contributed by atoms with Crippen LogP contribution in [0.3, 0.4) is 0 Å². The van der Waals surface area contributed by atoms with Gasteiger partial charge in [-0.3, -0.25) is 4.79 Å². The molecule has 0 radical (unpaired) electrons. The Kier molecular flexibility index (Phi) is 4.04. The van der Waals surface area contributed by atoms with Crippen LogP contribution < -0.4 is 16.0 Å². The molecule has 5 nitrogen and oxygen atoms in total. The van der Waals surface area contributed by atoms with E-state index in [4.69, 9.17) is 11.6 Å². The summed E-state index contributed by atoms with van der Waals surface area (Å²) in [6, 6.07) is 6.75. The zero-order valence-electron chi connectivity index (χ0n) is 9.70. The Balaban J connectivity index is 1.70. The Morgan fingerprint density at radius 2 is 1.89 bits per heavy atom. The maximum Gasteiger partial charge on any atom is 0.315 e. The highest BCUT2D eigenvalue weighted by Crippen LogP contribution is 2.18. The molecule has 0 aliphatic heterocycles. The van der Waals surface area contributed by atoms with E-state index in [9.17, 15) is 9.59 Å². The number of anilines is 1. The average molecular weight is 268 g/mol. The largest absolute Gasteiger partial charge is 0.335 e. The molecule has 1 aromatic carbocycles. The number of carbonyl (C=O) groups is 2. The van der Waals surface area contributed by atoms with E-state index in [2.05, 4.69) is 16.0 Å². The second-order valence-electron chi connectivity index (χ2n) is 4.16. The van der Waals surface area contributed by atoms with Gasteiger partial charge in [0.1, 0.15) is 0 Å². The molecule has 0 unspecified atom stereocenters. The van der Waals surface area contributed by atoms with Crippen molar-refractivity contribution in [3.63, 3.8) is 0 Å². The first-order valence-electron chi connectivity index (χ1n) is 5.73. The zero-order valence-corrected chi connectivity index (χ0v) is 10.5. The van der Waals surface area contributed by atoms with Gasteiger partial charge in [-0.1, -0.05) is 11.6 Å². The predicted octanol–water partition coefficient (Wildman–Crippen LogP) is 1.74. The normalized spacial score (nSPS) is 13.8. The van der Waals surface area contributed by atoms with E-state index < -0.39 is 0 Å². The van der Waals surface area contributed by atoms with Gasteiger partial charge in [0.15, 0.2) is 0 Å². The Bertz CT molecular complexity index is 443. The van der Waals surface area contributed by atoms with E-state index in [-0.39, 0.29) is 24.5 Å². The molecular weight excluding hydrogens is 254 g/mol. The van der Waals surface area contributed by atoms with E-state index in [0.29, 0.717) is 10.7 Å². The minimum atomic E-state index is -0.302. The first kappa shape index (κ1) is 12.7. The molecule has 1 saturated carbocycles. The first-order chi connectivity index (χ1) is 8.63. The molecule has 3 amide bonds. The van der Waals surface area contributed by atoms with Gasteiger partial charge >= 0.3 is 6.03 Å². The van der Waals surface area contributed by atoms with E-state index in [1.807, 2.05) is 0 Å². The number of halogens is 1. The molecule has 2 rings (SSSR count). The monoisotopic (exact) mass is 267 g/mol. The van der Waals surface area contributed by atoms with Crippen LogP contribution in [0.1, 0.15) is 12.8 Å². The number of hydrogen-bond donors (Lipinski definition) is 3. The van der Waals surface area contributed by atoms with Gasteiger partial charge < -0.3 is 16.0 Å². The third kappa shape index (κ3) is 4.25. The molecule has 0 heterocycles. The number of benzene rings is 1. The topological polar surface area (TPSA) is 70.2 Å². The maximum atomic E-state index is 11.5. The predicted molar refractivity (Wildman–Crippen MR) is 69.6 cm³/mol. The summed E-state index contributed by atoms with van der Waals surface area (Å²) >= 11 is 5.73. The van der Waals surface area contributed by atoms with E-state index >= 15 is 0 Å². The molecule has 1 aromatic rings. The molecule has 6 heteroatoms. The van der Waals surface area contributed by atoms with Gasteiger partial charge in [-0.25, -0.2) is 4.79 Å². The number of amides is 3. The van der Waals surface area contributed by atoms with Crippen molar-refractivity contribution in [3.8, 4) is 0 Å². The summed E-state index contributed by atoms with van der Waals surface area (Å²) in [6.07, 6.45) is 2.04. The van der Waals surface area contributed by atoms with Gasteiger partial charge in [0.05, 0.1) is 6.54 Å². The smallest absolute Gasteiger partial charge is 0.315 e. The first-order valence-corrected chi connectivity index (χ1v) is 6.11. The Morgan fingerprint density at radius 3 is 2.50 bits per heavy atom. The number of nitrogens with one attached hydrogen (secondary N) is 3. The SMILES string of the molecule is O=C(CNC(=O)NC1CC1)Nc1ccc(Cl)cc1. The van der Waals surface area contributed by atoms with Crippen LogP contribution in [0.2, 0.25) is 5.02 Å². The van der Waals surface area contributed by atoms with Crippen LogP contribution in [0.5, 0.6) is 0 Å². The number of urea groups is 1. The molecule has 0 atom stereocenters. The number of hydrogen-bond acceptors (Lipinski definition) is 2. The fraction of sp³-hybridized carbons (Fsp3) is 0.333. The Labute approximate surface area is 110 Å². The van der Waals surface area contributed by atoms with Crippen LogP contribution >= 0.6 is 11.6 Å². The molecule has 0 bridgehead atoms. The Morgan fingerprint density at radius 1 is 1.22 bits per heavy atom. The van der Waals surface area contributed by atoms with Crippen LogP contribution in [0.15, 0.2) is 24.3 Å². The minimum absolute atomic E-state index is 0.0544. The maximum absolute atomic E-state index is 11.5. The molecule has 0 spiro atoms. The summed E-state index contributed by atoms with van der Waals surface area (Å²) in [5, 5.41) is 8.49.